The number of carbonyl (C=O) groups is 1. The SMILES string of the molecule is COCCN(C)CC(=O)c1cccc(C)c1. The molecule has 0 aliphatic rings. The van der Waals surface area contributed by atoms with Gasteiger partial charge in [0.1, 0.15) is 0 Å². The summed E-state index contributed by atoms with van der Waals surface area (Å²) >= 11 is 0. The van der Waals surface area contributed by atoms with Crippen LogP contribution in [0.5, 0.6) is 0 Å². The molecule has 0 aromatic heterocycles. The second-order valence-corrected chi connectivity index (χ2v) is 4.02. The molecule has 1 rings (SSSR count). The summed E-state index contributed by atoms with van der Waals surface area (Å²) in [5.41, 5.74) is 1.90. The molecule has 0 aliphatic heterocycles. The van der Waals surface area contributed by atoms with Gasteiger partial charge in [0.05, 0.1) is 13.2 Å². The van der Waals surface area contributed by atoms with Crippen LogP contribution in [0.3, 0.4) is 0 Å². The number of hydrogen-bond acceptors (Lipinski definition) is 3. The largest absolute Gasteiger partial charge is 0.383 e. The van der Waals surface area contributed by atoms with E-state index in [0.29, 0.717) is 13.2 Å². The van der Waals surface area contributed by atoms with Gasteiger partial charge in [-0.15, -0.1) is 0 Å². The summed E-state index contributed by atoms with van der Waals surface area (Å²) in [7, 11) is 3.59. The number of methoxy groups -OCH3 is 1. The second-order valence-electron chi connectivity index (χ2n) is 4.02. The Morgan fingerprint density at radius 2 is 2.19 bits per heavy atom. The van der Waals surface area contributed by atoms with E-state index in [9.17, 15) is 4.79 Å². The van der Waals surface area contributed by atoms with Crippen molar-refractivity contribution < 1.29 is 9.53 Å². The summed E-state index contributed by atoms with van der Waals surface area (Å²) in [6.07, 6.45) is 0. The van der Waals surface area contributed by atoms with Crippen LogP contribution in [-0.4, -0.2) is 44.5 Å². The van der Waals surface area contributed by atoms with E-state index < -0.39 is 0 Å². The Morgan fingerprint density at radius 1 is 1.44 bits per heavy atom. The van der Waals surface area contributed by atoms with Crippen LogP contribution in [0.2, 0.25) is 0 Å². The standard InChI is InChI=1S/C13H19NO2/c1-11-5-4-6-12(9-11)13(15)10-14(2)7-8-16-3/h4-6,9H,7-8,10H2,1-3H3. The number of Topliss-reactive ketones (excluding diaryl/α,β-unsaturated/α-hetero) is 1. The lowest BCUT2D eigenvalue weighted by Gasteiger charge is -2.14. The highest BCUT2D eigenvalue weighted by Crippen LogP contribution is 2.05. The summed E-state index contributed by atoms with van der Waals surface area (Å²) in [6.45, 7) is 3.85. The highest BCUT2D eigenvalue weighted by molar-refractivity contribution is 5.97. The van der Waals surface area contributed by atoms with Gasteiger partial charge in [0.25, 0.3) is 0 Å². The van der Waals surface area contributed by atoms with Crippen LogP contribution in [0.4, 0.5) is 0 Å². The summed E-state index contributed by atoms with van der Waals surface area (Å²) in [6, 6.07) is 7.69. The summed E-state index contributed by atoms with van der Waals surface area (Å²) in [5, 5.41) is 0. The van der Waals surface area contributed by atoms with Crippen LogP contribution in [-0.2, 0) is 4.74 Å². The van der Waals surface area contributed by atoms with E-state index in [2.05, 4.69) is 0 Å². The van der Waals surface area contributed by atoms with Gasteiger partial charge < -0.3 is 4.74 Å². The molecular formula is C13H19NO2. The minimum Gasteiger partial charge on any atom is -0.383 e. The van der Waals surface area contributed by atoms with Crippen molar-refractivity contribution >= 4 is 5.78 Å². The molecule has 88 valence electrons. The van der Waals surface area contributed by atoms with E-state index in [4.69, 9.17) is 4.74 Å². The quantitative estimate of drug-likeness (QED) is 0.685. The zero-order chi connectivity index (χ0) is 12.0. The lowest BCUT2D eigenvalue weighted by Crippen LogP contribution is -2.29. The molecule has 0 amide bonds. The van der Waals surface area contributed by atoms with Gasteiger partial charge in [-0.2, -0.15) is 0 Å². The van der Waals surface area contributed by atoms with E-state index in [1.807, 2.05) is 43.1 Å². The molecule has 0 saturated carbocycles. The molecule has 0 radical (unpaired) electrons. The Bertz CT molecular complexity index is 350. The lowest BCUT2D eigenvalue weighted by atomic mass is 10.1. The Hall–Kier alpha value is -1.19. The molecule has 16 heavy (non-hydrogen) atoms. The van der Waals surface area contributed by atoms with Crippen molar-refractivity contribution in [2.45, 2.75) is 6.92 Å². The maximum Gasteiger partial charge on any atom is 0.176 e. The van der Waals surface area contributed by atoms with Gasteiger partial charge in [0.15, 0.2) is 5.78 Å². The Morgan fingerprint density at radius 3 is 2.81 bits per heavy atom. The number of benzene rings is 1. The van der Waals surface area contributed by atoms with Crippen molar-refractivity contribution in [3.63, 3.8) is 0 Å². The van der Waals surface area contributed by atoms with Gasteiger partial charge in [0, 0.05) is 19.2 Å². The molecule has 0 aliphatic carbocycles. The highest BCUT2D eigenvalue weighted by atomic mass is 16.5. The average molecular weight is 221 g/mol. The summed E-state index contributed by atoms with van der Waals surface area (Å²) < 4.78 is 4.97. The Balaban J connectivity index is 2.52. The van der Waals surface area contributed by atoms with E-state index in [-0.39, 0.29) is 5.78 Å². The number of rotatable bonds is 6. The molecule has 0 bridgehead atoms. The maximum atomic E-state index is 11.9. The molecule has 1 aromatic carbocycles. The first-order chi connectivity index (χ1) is 7.63. The number of ether oxygens (including phenoxy) is 1. The van der Waals surface area contributed by atoms with Crippen LogP contribution in [0.1, 0.15) is 15.9 Å². The fourth-order valence-electron chi connectivity index (χ4n) is 1.48. The zero-order valence-electron chi connectivity index (χ0n) is 10.2. The molecule has 0 heterocycles. The van der Waals surface area contributed by atoms with Crippen molar-refractivity contribution in [2.24, 2.45) is 0 Å². The number of nitrogens with zero attached hydrogens (tertiary/aromatic N) is 1. The molecule has 0 unspecified atom stereocenters. The predicted molar refractivity (Wildman–Crippen MR) is 64.9 cm³/mol. The van der Waals surface area contributed by atoms with Gasteiger partial charge in [-0.1, -0.05) is 23.8 Å². The molecule has 0 saturated heterocycles. The topological polar surface area (TPSA) is 29.5 Å². The van der Waals surface area contributed by atoms with Crippen LogP contribution in [0.25, 0.3) is 0 Å². The van der Waals surface area contributed by atoms with Gasteiger partial charge in [-0.25, -0.2) is 0 Å². The number of carbonyl (C=O) groups excluding carboxylic acids is 1. The van der Waals surface area contributed by atoms with E-state index in [1.165, 1.54) is 0 Å². The van der Waals surface area contributed by atoms with E-state index >= 15 is 0 Å². The second kappa shape index (κ2) is 6.40. The van der Waals surface area contributed by atoms with Gasteiger partial charge in [0.2, 0.25) is 0 Å². The van der Waals surface area contributed by atoms with Crippen molar-refractivity contribution in [3.8, 4) is 0 Å². The average Bonchev–Trinajstić information content (AvgIpc) is 2.26. The Kier molecular flexibility index (Phi) is 5.15. The smallest absolute Gasteiger partial charge is 0.176 e. The van der Waals surface area contributed by atoms with Crippen LogP contribution in [0.15, 0.2) is 24.3 Å². The monoisotopic (exact) mass is 221 g/mol. The molecule has 1 aromatic rings. The molecule has 0 fully saturated rings. The van der Waals surface area contributed by atoms with Crippen molar-refractivity contribution in [3.05, 3.63) is 35.4 Å². The van der Waals surface area contributed by atoms with Crippen LogP contribution < -0.4 is 0 Å². The van der Waals surface area contributed by atoms with Gasteiger partial charge in [-0.05, 0) is 20.0 Å². The predicted octanol–water partition coefficient (Wildman–Crippen LogP) is 1.76. The minimum absolute atomic E-state index is 0.155. The summed E-state index contributed by atoms with van der Waals surface area (Å²) in [4.78, 5) is 13.9. The van der Waals surface area contributed by atoms with Gasteiger partial charge in [-0.3, -0.25) is 9.69 Å². The molecule has 0 spiro atoms. The van der Waals surface area contributed by atoms with Crippen LogP contribution in [0, 0.1) is 6.92 Å². The van der Waals surface area contributed by atoms with Crippen molar-refractivity contribution in [1.82, 2.24) is 4.90 Å². The first-order valence-corrected chi connectivity index (χ1v) is 5.41. The third kappa shape index (κ3) is 4.13. The fraction of sp³-hybridized carbons (Fsp3) is 0.462. The minimum atomic E-state index is 0.155. The summed E-state index contributed by atoms with van der Waals surface area (Å²) in [5.74, 6) is 0.155. The van der Waals surface area contributed by atoms with Crippen molar-refractivity contribution in [1.29, 1.82) is 0 Å². The van der Waals surface area contributed by atoms with E-state index in [1.54, 1.807) is 7.11 Å². The number of ketones is 1. The molecule has 3 heteroatoms. The third-order valence-corrected chi connectivity index (χ3v) is 2.43. The zero-order valence-corrected chi connectivity index (χ0v) is 10.2. The normalized spacial score (nSPS) is 10.8. The lowest BCUT2D eigenvalue weighted by molar-refractivity contribution is 0.0922. The number of aryl methyl sites for hydroxylation is 1. The van der Waals surface area contributed by atoms with Crippen LogP contribution >= 0.6 is 0 Å². The number of hydrogen-bond donors (Lipinski definition) is 0. The van der Waals surface area contributed by atoms with Gasteiger partial charge >= 0.3 is 0 Å². The first kappa shape index (κ1) is 12.9. The first-order valence-electron chi connectivity index (χ1n) is 5.41. The molecule has 3 nitrogen and oxygen atoms in total. The molecule has 0 atom stereocenters. The maximum absolute atomic E-state index is 11.9. The Labute approximate surface area is 97.0 Å². The number of likely N-dealkylation sites (N-methyl/N-ethyl adjacent to an activating group) is 1. The third-order valence-electron chi connectivity index (χ3n) is 2.43. The fourth-order valence-corrected chi connectivity index (χ4v) is 1.48. The highest BCUT2D eigenvalue weighted by Gasteiger charge is 2.08. The molecular weight excluding hydrogens is 202 g/mol. The molecule has 0 N–H and O–H groups in total. The van der Waals surface area contributed by atoms with E-state index in [0.717, 1.165) is 17.7 Å². The van der Waals surface area contributed by atoms with Crippen molar-refractivity contribution in [2.75, 3.05) is 33.9 Å².